The molecule has 2 rings (SSSR count). The lowest BCUT2D eigenvalue weighted by atomic mass is 10.3. The summed E-state index contributed by atoms with van der Waals surface area (Å²) in [6.45, 7) is 5.28. The average molecular weight is 253 g/mol. The lowest BCUT2D eigenvalue weighted by Crippen LogP contribution is -2.34. The third kappa shape index (κ3) is 4.12. The normalized spacial score (nSPS) is 19.5. The monoisotopic (exact) mass is 253 g/mol. The van der Waals surface area contributed by atoms with Crippen molar-refractivity contribution in [3.05, 3.63) is 12.3 Å². The van der Waals surface area contributed by atoms with E-state index < -0.39 is 0 Å². The van der Waals surface area contributed by atoms with E-state index in [1.807, 2.05) is 0 Å². The topological polar surface area (TPSA) is 65.5 Å². The van der Waals surface area contributed by atoms with E-state index in [1.165, 1.54) is 0 Å². The van der Waals surface area contributed by atoms with Gasteiger partial charge in [-0.15, -0.1) is 0 Å². The van der Waals surface area contributed by atoms with E-state index >= 15 is 0 Å². The van der Waals surface area contributed by atoms with Crippen LogP contribution in [0.4, 0.5) is 5.95 Å². The first-order chi connectivity index (χ1) is 8.88. The van der Waals surface area contributed by atoms with Gasteiger partial charge in [-0.05, 0) is 6.42 Å². The van der Waals surface area contributed by atoms with E-state index in [9.17, 15) is 0 Å². The molecular weight excluding hydrogens is 234 g/mol. The zero-order valence-corrected chi connectivity index (χ0v) is 10.6. The number of nitrogens with one attached hydrogen (secondary N) is 1. The van der Waals surface area contributed by atoms with Crippen LogP contribution < -0.4 is 10.1 Å². The second-order valence-electron chi connectivity index (χ2n) is 4.02. The fourth-order valence-electron chi connectivity index (χ4n) is 1.57. The highest BCUT2D eigenvalue weighted by atomic mass is 16.6. The van der Waals surface area contributed by atoms with Crippen molar-refractivity contribution in [2.24, 2.45) is 0 Å². The third-order valence-corrected chi connectivity index (χ3v) is 2.46. The first-order valence-electron chi connectivity index (χ1n) is 6.27. The van der Waals surface area contributed by atoms with Crippen LogP contribution in [-0.4, -0.2) is 49.0 Å². The van der Waals surface area contributed by atoms with Crippen molar-refractivity contribution in [2.45, 2.75) is 19.4 Å². The Labute approximate surface area is 107 Å². The molecular formula is C12H19N3O3. The SMILES string of the molecule is CCCOc1ccnc(NCC2COCCO2)n1. The van der Waals surface area contributed by atoms with Crippen molar-refractivity contribution in [3.63, 3.8) is 0 Å². The molecule has 1 aromatic rings. The summed E-state index contributed by atoms with van der Waals surface area (Å²) in [5.74, 6) is 1.15. The zero-order valence-electron chi connectivity index (χ0n) is 10.6. The number of aromatic nitrogens is 2. The number of ether oxygens (including phenoxy) is 3. The molecule has 1 saturated heterocycles. The van der Waals surface area contributed by atoms with E-state index in [-0.39, 0.29) is 6.10 Å². The highest BCUT2D eigenvalue weighted by Crippen LogP contribution is 2.09. The summed E-state index contributed by atoms with van der Waals surface area (Å²) in [5, 5.41) is 3.12. The molecule has 0 radical (unpaired) electrons. The van der Waals surface area contributed by atoms with Gasteiger partial charge in [0.15, 0.2) is 0 Å². The van der Waals surface area contributed by atoms with Gasteiger partial charge in [0, 0.05) is 18.8 Å². The summed E-state index contributed by atoms with van der Waals surface area (Å²) in [5.41, 5.74) is 0. The molecule has 0 saturated carbocycles. The molecule has 1 aliphatic rings. The molecule has 1 N–H and O–H groups in total. The number of hydrogen-bond acceptors (Lipinski definition) is 6. The van der Waals surface area contributed by atoms with Crippen molar-refractivity contribution in [1.29, 1.82) is 0 Å². The van der Waals surface area contributed by atoms with E-state index in [4.69, 9.17) is 14.2 Å². The van der Waals surface area contributed by atoms with Gasteiger partial charge in [0.25, 0.3) is 0 Å². The van der Waals surface area contributed by atoms with Crippen molar-refractivity contribution >= 4 is 5.95 Å². The Bertz CT molecular complexity index is 356. The van der Waals surface area contributed by atoms with Crippen LogP contribution >= 0.6 is 0 Å². The Kier molecular flexibility index (Phi) is 5.16. The molecule has 0 aromatic carbocycles. The Hall–Kier alpha value is -1.40. The summed E-state index contributed by atoms with van der Waals surface area (Å²) in [6.07, 6.45) is 2.70. The fraction of sp³-hybridized carbons (Fsp3) is 0.667. The van der Waals surface area contributed by atoms with Crippen LogP contribution in [0.25, 0.3) is 0 Å². The van der Waals surface area contributed by atoms with E-state index in [1.54, 1.807) is 12.3 Å². The molecule has 1 atom stereocenters. The molecule has 1 aliphatic heterocycles. The lowest BCUT2D eigenvalue weighted by Gasteiger charge is -2.23. The minimum atomic E-state index is 0.0579. The average Bonchev–Trinajstić information content (AvgIpc) is 2.44. The maximum atomic E-state index is 5.52. The Balaban J connectivity index is 1.80. The van der Waals surface area contributed by atoms with Crippen molar-refractivity contribution < 1.29 is 14.2 Å². The summed E-state index contributed by atoms with van der Waals surface area (Å²) in [4.78, 5) is 8.39. The second kappa shape index (κ2) is 7.13. The highest BCUT2D eigenvalue weighted by Gasteiger charge is 2.14. The van der Waals surface area contributed by atoms with Gasteiger partial charge in [-0.3, -0.25) is 0 Å². The van der Waals surface area contributed by atoms with Gasteiger partial charge in [-0.25, -0.2) is 4.98 Å². The molecule has 1 fully saturated rings. The maximum absolute atomic E-state index is 5.52. The van der Waals surface area contributed by atoms with E-state index in [2.05, 4.69) is 22.2 Å². The van der Waals surface area contributed by atoms with Crippen molar-refractivity contribution in [3.8, 4) is 5.88 Å². The third-order valence-electron chi connectivity index (χ3n) is 2.46. The van der Waals surface area contributed by atoms with Gasteiger partial charge in [0.2, 0.25) is 11.8 Å². The molecule has 0 aliphatic carbocycles. The molecule has 0 amide bonds. The van der Waals surface area contributed by atoms with Gasteiger partial charge < -0.3 is 19.5 Å². The lowest BCUT2D eigenvalue weighted by molar-refractivity contribution is -0.0819. The molecule has 0 bridgehead atoms. The second-order valence-corrected chi connectivity index (χ2v) is 4.02. The first kappa shape index (κ1) is 13.0. The minimum Gasteiger partial charge on any atom is -0.478 e. The Morgan fingerprint density at radius 3 is 3.22 bits per heavy atom. The summed E-state index contributed by atoms with van der Waals surface area (Å²) < 4.78 is 16.3. The van der Waals surface area contributed by atoms with Crippen LogP contribution in [0.2, 0.25) is 0 Å². The van der Waals surface area contributed by atoms with Crippen molar-refractivity contribution in [2.75, 3.05) is 38.3 Å². The fourth-order valence-corrected chi connectivity index (χ4v) is 1.57. The van der Waals surface area contributed by atoms with Crippen LogP contribution in [-0.2, 0) is 9.47 Å². The van der Waals surface area contributed by atoms with E-state index in [0.29, 0.717) is 44.8 Å². The molecule has 0 spiro atoms. The smallest absolute Gasteiger partial charge is 0.226 e. The van der Waals surface area contributed by atoms with Gasteiger partial charge in [0.05, 0.1) is 32.5 Å². The molecule has 1 aromatic heterocycles. The van der Waals surface area contributed by atoms with Crippen LogP contribution in [0.15, 0.2) is 12.3 Å². The molecule has 2 heterocycles. The minimum absolute atomic E-state index is 0.0579. The largest absolute Gasteiger partial charge is 0.478 e. The summed E-state index contributed by atoms with van der Waals surface area (Å²) in [7, 11) is 0. The van der Waals surface area contributed by atoms with Crippen LogP contribution in [0, 0.1) is 0 Å². The van der Waals surface area contributed by atoms with E-state index in [0.717, 1.165) is 6.42 Å². The van der Waals surface area contributed by atoms with Crippen LogP contribution in [0.3, 0.4) is 0 Å². The van der Waals surface area contributed by atoms with Gasteiger partial charge >= 0.3 is 0 Å². The van der Waals surface area contributed by atoms with Gasteiger partial charge in [-0.2, -0.15) is 4.98 Å². The molecule has 18 heavy (non-hydrogen) atoms. The Morgan fingerprint density at radius 2 is 2.44 bits per heavy atom. The van der Waals surface area contributed by atoms with Gasteiger partial charge in [0.1, 0.15) is 0 Å². The van der Waals surface area contributed by atoms with Gasteiger partial charge in [-0.1, -0.05) is 6.92 Å². The first-order valence-corrected chi connectivity index (χ1v) is 6.27. The molecule has 100 valence electrons. The molecule has 6 nitrogen and oxygen atoms in total. The number of rotatable bonds is 6. The maximum Gasteiger partial charge on any atom is 0.226 e. The summed E-state index contributed by atoms with van der Waals surface area (Å²) >= 11 is 0. The highest BCUT2D eigenvalue weighted by molar-refractivity contribution is 5.27. The zero-order chi connectivity index (χ0) is 12.6. The van der Waals surface area contributed by atoms with Crippen molar-refractivity contribution in [1.82, 2.24) is 9.97 Å². The quantitative estimate of drug-likeness (QED) is 0.818. The number of hydrogen-bond donors (Lipinski definition) is 1. The Morgan fingerprint density at radius 1 is 1.50 bits per heavy atom. The predicted octanol–water partition coefficient (Wildman–Crippen LogP) is 1.09. The molecule has 6 heteroatoms. The number of anilines is 1. The van der Waals surface area contributed by atoms with Crippen LogP contribution in [0.5, 0.6) is 5.88 Å². The molecule has 1 unspecified atom stereocenters. The predicted molar refractivity (Wildman–Crippen MR) is 66.9 cm³/mol. The summed E-state index contributed by atoms with van der Waals surface area (Å²) in [6, 6.07) is 1.75. The van der Waals surface area contributed by atoms with Crippen LogP contribution in [0.1, 0.15) is 13.3 Å². The number of nitrogens with zero attached hydrogens (tertiary/aromatic N) is 2. The standard InChI is InChI=1S/C12H19N3O3/c1-2-5-18-11-3-4-13-12(15-11)14-8-10-9-16-6-7-17-10/h3-4,10H,2,5-9H2,1H3,(H,13,14,15).